The maximum Gasteiger partial charge on any atom is 0.357 e. The van der Waals surface area contributed by atoms with E-state index in [-0.39, 0.29) is 19.6 Å². The maximum atomic E-state index is 12.4. The molecule has 0 aromatic carbocycles. The number of allylic oxidation sites excluding steroid dienone is 1. The van der Waals surface area contributed by atoms with Gasteiger partial charge in [0.05, 0.1) is 26.2 Å². The fourth-order valence-corrected chi connectivity index (χ4v) is 2.98. The van der Waals surface area contributed by atoms with E-state index in [1.165, 1.54) is 0 Å². The second kappa shape index (κ2) is 8.45. The molecule has 0 aromatic heterocycles. The Hall–Kier alpha value is -0.640. The Labute approximate surface area is 103 Å². The first-order valence-electron chi connectivity index (χ1n) is 5.74. The summed E-state index contributed by atoms with van der Waals surface area (Å²) in [5.74, 6) is -0.430. The van der Waals surface area contributed by atoms with E-state index >= 15 is 0 Å². The minimum atomic E-state index is -3.35. The zero-order valence-corrected chi connectivity index (χ0v) is 11.8. The summed E-state index contributed by atoms with van der Waals surface area (Å²) >= 11 is 0. The van der Waals surface area contributed by atoms with E-state index in [0.29, 0.717) is 11.9 Å². The van der Waals surface area contributed by atoms with Gasteiger partial charge < -0.3 is 13.8 Å². The summed E-state index contributed by atoms with van der Waals surface area (Å²) < 4.78 is 27.5. The van der Waals surface area contributed by atoms with Crippen molar-refractivity contribution in [3.63, 3.8) is 0 Å². The molecule has 0 atom stereocenters. The van der Waals surface area contributed by atoms with Crippen molar-refractivity contribution in [2.75, 3.05) is 19.8 Å². The molecule has 0 amide bonds. The maximum absolute atomic E-state index is 12.4. The SMILES string of the molecule is CC=C(CC(=O)OCC)P(=O)(OCC)OCC. The van der Waals surface area contributed by atoms with Gasteiger partial charge in [-0.1, -0.05) is 6.08 Å². The first kappa shape index (κ1) is 16.4. The third kappa shape index (κ3) is 5.48. The molecule has 0 aromatic rings. The van der Waals surface area contributed by atoms with Crippen LogP contribution in [-0.2, 0) is 23.1 Å². The average molecular weight is 264 g/mol. The Bertz CT molecular complexity index is 301. The van der Waals surface area contributed by atoms with Crippen molar-refractivity contribution in [2.45, 2.75) is 34.1 Å². The van der Waals surface area contributed by atoms with E-state index < -0.39 is 13.6 Å². The number of hydrogen-bond donors (Lipinski definition) is 0. The molecular weight excluding hydrogens is 243 g/mol. The molecule has 0 fully saturated rings. The molecule has 100 valence electrons. The minimum absolute atomic E-state index is 0.0678. The summed E-state index contributed by atoms with van der Waals surface area (Å²) in [6.45, 7) is 7.68. The summed E-state index contributed by atoms with van der Waals surface area (Å²) in [6.07, 6.45) is 1.52. The van der Waals surface area contributed by atoms with Crippen LogP contribution in [0.15, 0.2) is 11.4 Å². The molecule has 0 bridgehead atoms. The van der Waals surface area contributed by atoms with Crippen molar-refractivity contribution >= 4 is 13.6 Å². The van der Waals surface area contributed by atoms with Crippen molar-refractivity contribution < 1.29 is 23.1 Å². The van der Waals surface area contributed by atoms with Crippen LogP contribution in [0, 0.1) is 0 Å². The molecule has 0 aliphatic rings. The summed E-state index contributed by atoms with van der Waals surface area (Å²) in [7, 11) is -3.35. The number of esters is 1. The monoisotopic (exact) mass is 264 g/mol. The number of ether oxygens (including phenoxy) is 1. The standard InChI is InChI=1S/C11H21O5P/c1-5-10(9-11(12)14-6-2)17(13,15-7-3)16-8-4/h5H,6-9H2,1-4H3. The topological polar surface area (TPSA) is 61.8 Å². The highest BCUT2D eigenvalue weighted by Gasteiger charge is 2.30. The Balaban J connectivity index is 4.81. The van der Waals surface area contributed by atoms with Crippen LogP contribution in [0.25, 0.3) is 0 Å². The minimum Gasteiger partial charge on any atom is -0.466 e. The van der Waals surface area contributed by atoms with Gasteiger partial charge in [0.1, 0.15) is 0 Å². The van der Waals surface area contributed by atoms with E-state index in [2.05, 4.69) is 0 Å². The molecule has 0 saturated heterocycles. The Morgan fingerprint density at radius 2 is 1.65 bits per heavy atom. The van der Waals surface area contributed by atoms with Crippen LogP contribution in [0.5, 0.6) is 0 Å². The van der Waals surface area contributed by atoms with Gasteiger partial charge >= 0.3 is 13.6 Å². The van der Waals surface area contributed by atoms with Gasteiger partial charge in [-0.3, -0.25) is 9.36 Å². The highest BCUT2D eigenvalue weighted by Crippen LogP contribution is 2.57. The lowest BCUT2D eigenvalue weighted by Gasteiger charge is -2.19. The van der Waals surface area contributed by atoms with Crippen LogP contribution in [0.2, 0.25) is 0 Å². The molecule has 0 N–H and O–H groups in total. The molecule has 6 heteroatoms. The second-order valence-electron chi connectivity index (χ2n) is 3.09. The number of carbonyl (C=O) groups is 1. The van der Waals surface area contributed by atoms with E-state index in [4.69, 9.17) is 13.8 Å². The molecule has 0 radical (unpaired) electrons. The lowest BCUT2D eigenvalue weighted by molar-refractivity contribution is -0.142. The highest BCUT2D eigenvalue weighted by atomic mass is 31.2. The summed E-state index contributed by atoms with van der Waals surface area (Å²) in [6, 6.07) is 0. The first-order chi connectivity index (χ1) is 8.03. The Morgan fingerprint density at radius 3 is 2.00 bits per heavy atom. The predicted octanol–water partition coefficient (Wildman–Crippen LogP) is 3.11. The molecule has 5 nitrogen and oxygen atoms in total. The summed E-state index contributed by atoms with van der Waals surface area (Å²) in [5.41, 5.74) is 0. The predicted molar refractivity (Wildman–Crippen MR) is 65.9 cm³/mol. The molecule has 0 spiro atoms. The molecule has 0 heterocycles. The van der Waals surface area contributed by atoms with Crippen molar-refractivity contribution in [3.8, 4) is 0 Å². The first-order valence-corrected chi connectivity index (χ1v) is 7.28. The fourth-order valence-electron chi connectivity index (χ4n) is 1.26. The Morgan fingerprint density at radius 1 is 1.12 bits per heavy atom. The van der Waals surface area contributed by atoms with Gasteiger partial charge in [-0.05, 0) is 27.7 Å². The zero-order chi connectivity index (χ0) is 13.3. The van der Waals surface area contributed by atoms with Crippen molar-refractivity contribution in [2.24, 2.45) is 0 Å². The molecule has 0 aliphatic carbocycles. The van der Waals surface area contributed by atoms with Crippen LogP contribution in [0.3, 0.4) is 0 Å². The van der Waals surface area contributed by atoms with Crippen LogP contribution in [-0.4, -0.2) is 25.8 Å². The highest BCUT2D eigenvalue weighted by molar-refractivity contribution is 7.58. The second-order valence-corrected chi connectivity index (χ2v) is 5.18. The summed E-state index contributed by atoms with van der Waals surface area (Å²) in [5, 5.41) is 0.347. The van der Waals surface area contributed by atoms with Gasteiger partial charge in [-0.2, -0.15) is 0 Å². The lowest BCUT2D eigenvalue weighted by Crippen LogP contribution is -2.08. The largest absolute Gasteiger partial charge is 0.466 e. The molecule has 17 heavy (non-hydrogen) atoms. The number of rotatable bonds is 8. The van der Waals surface area contributed by atoms with Gasteiger partial charge in [0.25, 0.3) is 0 Å². The van der Waals surface area contributed by atoms with Gasteiger partial charge in [0.15, 0.2) is 0 Å². The smallest absolute Gasteiger partial charge is 0.357 e. The van der Waals surface area contributed by atoms with Gasteiger partial charge in [0, 0.05) is 5.31 Å². The van der Waals surface area contributed by atoms with Crippen LogP contribution in [0.4, 0.5) is 0 Å². The zero-order valence-electron chi connectivity index (χ0n) is 10.9. The number of carbonyl (C=O) groups excluding carboxylic acids is 1. The van der Waals surface area contributed by atoms with E-state index in [0.717, 1.165) is 0 Å². The summed E-state index contributed by atoms with van der Waals surface area (Å²) in [4.78, 5) is 11.4. The molecule has 0 unspecified atom stereocenters. The van der Waals surface area contributed by atoms with Gasteiger partial charge in [-0.15, -0.1) is 0 Å². The molecular formula is C11H21O5P. The number of hydrogen-bond acceptors (Lipinski definition) is 5. The van der Waals surface area contributed by atoms with Crippen molar-refractivity contribution in [3.05, 3.63) is 11.4 Å². The van der Waals surface area contributed by atoms with Gasteiger partial charge in [0.2, 0.25) is 0 Å². The van der Waals surface area contributed by atoms with Gasteiger partial charge in [-0.25, -0.2) is 0 Å². The van der Waals surface area contributed by atoms with E-state index in [1.807, 2.05) is 0 Å². The lowest BCUT2D eigenvalue weighted by atomic mass is 10.4. The van der Waals surface area contributed by atoms with E-state index in [1.54, 1.807) is 33.8 Å². The quantitative estimate of drug-likeness (QED) is 0.498. The molecule has 0 aliphatic heterocycles. The van der Waals surface area contributed by atoms with E-state index in [9.17, 15) is 9.36 Å². The van der Waals surface area contributed by atoms with Crippen molar-refractivity contribution in [1.29, 1.82) is 0 Å². The van der Waals surface area contributed by atoms with Crippen molar-refractivity contribution in [1.82, 2.24) is 0 Å². The normalized spacial score (nSPS) is 12.6. The Kier molecular flexibility index (Phi) is 8.13. The van der Waals surface area contributed by atoms with Crippen LogP contribution < -0.4 is 0 Å². The average Bonchev–Trinajstić information content (AvgIpc) is 2.26. The fraction of sp³-hybridized carbons (Fsp3) is 0.727. The molecule has 0 rings (SSSR count). The third-order valence-corrected chi connectivity index (χ3v) is 4.23. The molecule has 0 saturated carbocycles. The van der Waals surface area contributed by atoms with Crippen LogP contribution >= 0.6 is 7.60 Å². The third-order valence-electron chi connectivity index (χ3n) is 1.91. The van der Waals surface area contributed by atoms with Crippen LogP contribution in [0.1, 0.15) is 34.1 Å².